The van der Waals surface area contributed by atoms with Crippen LogP contribution in [0.1, 0.15) is 40.0 Å². The summed E-state index contributed by atoms with van der Waals surface area (Å²) in [5, 5.41) is 27.8. The summed E-state index contributed by atoms with van der Waals surface area (Å²) in [6, 6.07) is 10.1. The minimum atomic E-state index is -3.96. The number of carboxylic acid groups (broad SMARTS) is 1. The minimum Gasteiger partial charge on any atom is -0.480 e. The van der Waals surface area contributed by atoms with Crippen molar-refractivity contribution in [1.82, 2.24) is 15.1 Å². The van der Waals surface area contributed by atoms with Gasteiger partial charge in [0.15, 0.2) is 0 Å². The Morgan fingerprint density at radius 3 is 1.55 bits per heavy atom. The SMILES string of the molecule is CC(C)(CCOC(C)(N)CCC=O)NC(=O)CN(CCN(CC(=O)O)CC(=O)Nc1ccc(S(N)(=O)=O)cc1)CC(=O)Nc1ccc(S(N)(=O)=O)cc1. The van der Waals surface area contributed by atoms with Crippen LogP contribution >= 0.6 is 0 Å². The van der Waals surface area contributed by atoms with Crippen LogP contribution in [0.2, 0.25) is 0 Å². The number of rotatable bonds is 23. The number of anilines is 2. The van der Waals surface area contributed by atoms with Crippen LogP contribution in [0.15, 0.2) is 58.3 Å². The van der Waals surface area contributed by atoms with Crippen molar-refractivity contribution >= 4 is 61.4 Å². The van der Waals surface area contributed by atoms with Gasteiger partial charge in [-0.3, -0.25) is 29.0 Å². The third-order valence-electron chi connectivity index (χ3n) is 7.52. The highest BCUT2D eigenvalue weighted by molar-refractivity contribution is 7.89. The van der Waals surface area contributed by atoms with E-state index >= 15 is 0 Å². The topological polar surface area (TPSA) is 304 Å². The molecule has 2 aromatic carbocycles. The second kappa shape index (κ2) is 19.6. The summed E-state index contributed by atoms with van der Waals surface area (Å²) in [4.78, 5) is 63.9. The van der Waals surface area contributed by atoms with Crippen LogP contribution in [0.5, 0.6) is 0 Å². The number of ether oxygens (including phenoxy) is 1. The van der Waals surface area contributed by atoms with Crippen molar-refractivity contribution in [3.8, 4) is 0 Å². The standard InChI is InChI=1S/C32H48N8O11S2/c1-31(2,14-18-51-32(3,33)13-4-17-41)38-29(44)21-39(19-27(42)36-23-5-9-25(10-6-23)52(34,47)48)15-16-40(22-30(45)46)20-28(43)37-24-7-11-26(12-8-24)53(35,49)50/h5-12,17H,4,13-16,18-22,33H2,1-3H3,(H,36,42)(H,37,43)(H,38,44)(H,45,46)(H2,34,47,48)(H2,35,49,50). The van der Waals surface area contributed by atoms with Gasteiger partial charge in [0.2, 0.25) is 37.8 Å². The number of carboxylic acids is 1. The monoisotopic (exact) mass is 784 g/mol. The second-order valence-electron chi connectivity index (χ2n) is 13.1. The fourth-order valence-electron chi connectivity index (χ4n) is 4.80. The summed E-state index contributed by atoms with van der Waals surface area (Å²) >= 11 is 0. The van der Waals surface area contributed by atoms with Crippen molar-refractivity contribution in [3.63, 3.8) is 0 Å². The molecule has 0 bridgehead atoms. The Kier molecular flexibility index (Phi) is 16.6. The van der Waals surface area contributed by atoms with Gasteiger partial charge in [-0.1, -0.05) is 0 Å². The molecular formula is C32H48N8O11S2. The Hall–Kier alpha value is -4.35. The van der Waals surface area contributed by atoms with Crippen LogP contribution in [-0.2, 0) is 48.8 Å². The molecule has 2 aromatic rings. The molecule has 0 radical (unpaired) electrons. The fourth-order valence-corrected chi connectivity index (χ4v) is 5.84. The molecule has 0 aliphatic carbocycles. The normalized spacial score (nSPS) is 13.3. The first-order valence-electron chi connectivity index (χ1n) is 16.2. The zero-order chi connectivity index (χ0) is 40.0. The number of aldehydes is 1. The summed E-state index contributed by atoms with van der Waals surface area (Å²) in [6.07, 6.45) is 1.62. The molecular weight excluding hydrogens is 737 g/mol. The Morgan fingerprint density at radius 1 is 0.736 bits per heavy atom. The number of nitrogens with one attached hydrogen (secondary N) is 3. The smallest absolute Gasteiger partial charge is 0.317 e. The molecule has 10 N–H and O–H groups in total. The van der Waals surface area contributed by atoms with Crippen LogP contribution in [0.3, 0.4) is 0 Å². The number of benzene rings is 2. The van der Waals surface area contributed by atoms with Gasteiger partial charge in [0, 0.05) is 36.4 Å². The molecule has 21 heteroatoms. The third-order valence-corrected chi connectivity index (χ3v) is 9.38. The molecule has 0 aliphatic rings. The molecule has 3 amide bonds. The van der Waals surface area contributed by atoms with Crippen molar-refractivity contribution in [3.05, 3.63) is 48.5 Å². The Morgan fingerprint density at radius 2 is 1.15 bits per heavy atom. The summed E-state index contributed by atoms with van der Waals surface area (Å²) < 4.78 is 51.9. The van der Waals surface area contributed by atoms with E-state index in [0.717, 1.165) is 6.29 Å². The van der Waals surface area contributed by atoms with Crippen LogP contribution in [0.4, 0.5) is 11.4 Å². The number of sulfonamides is 2. The van der Waals surface area contributed by atoms with Crippen molar-refractivity contribution in [2.45, 2.75) is 61.1 Å². The molecule has 0 heterocycles. The van der Waals surface area contributed by atoms with Gasteiger partial charge >= 0.3 is 5.97 Å². The maximum Gasteiger partial charge on any atom is 0.317 e. The minimum absolute atomic E-state index is 0.0549. The molecule has 0 fully saturated rings. The zero-order valence-corrected chi connectivity index (χ0v) is 31.4. The zero-order valence-electron chi connectivity index (χ0n) is 29.7. The van der Waals surface area contributed by atoms with Crippen LogP contribution in [0, 0.1) is 0 Å². The number of primary sulfonamides is 2. The molecule has 19 nitrogen and oxygen atoms in total. The van der Waals surface area contributed by atoms with Crippen LogP contribution in [-0.4, -0.2) is 119 Å². The number of nitrogens with two attached hydrogens (primary N) is 3. The molecule has 2 rings (SSSR count). The third kappa shape index (κ3) is 17.8. The van der Waals surface area contributed by atoms with Crippen molar-refractivity contribution in [2.24, 2.45) is 16.0 Å². The first kappa shape index (κ1) is 44.8. The molecule has 0 aromatic heterocycles. The van der Waals surface area contributed by atoms with Crippen molar-refractivity contribution < 1.29 is 50.7 Å². The average Bonchev–Trinajstić information content (AvgIpc) is 3.01. The highest BCUT2D eigenvalue weighted by Gasteiger charge is 2.26. The molecule has 1 atom stereocenters. The number of hydrogen-bond acceptors (Lipinski definition) is 13. The quantitative estimate of drug-likeness (QED) is 0.0537. The lowest BCUT2D eigenvalue weighted by Crippen LogP contribution is -2.51. The Balaban J connectivity index is 2.16. The molecule has 53 heavy (non-hydrogen) atoms. The number of carbonyl (C=O) groups is 5. The lowest BCUT2D eigenvalue weighted by Gasteiger charge is -2.31. The first-order valence-corrected chi connectivity index (χ1v) is 19.3. The predicted molar refractivity (Wildman–Crippen MR) is 194 cm³/mol. The summed E-state index contributed by atoms with van der Waals surface area (Å²) in [7, 11) is -7.92. The fraction of sp³-hybridized carbons (Fsp3) is 0.469. The number of carbonyl (C=O) groups excluding carboxylic acids is 4. The number of hydrogen-bond donors (Lipinski definition) is 7. The average molecular weight is 785 g/mol. The van der Waals surface area contributed by atoms with Gasteiger partial charge in [0.25, 0.3) is 0 Å². The molecule has 0 spiro atoms. The number of amides is 3. The lowest BCUT2D eigenvalue weighted by molar-refractivity contribution is -0.139. The first-order chi connectivity index (χ1) is 24.5. The van der Waals surface area contributed by atoms with E-state index in [1.54, 1.807) is 20.8 Å². The second-order valence-corrected chi connectivity index (χ2v) is 16.2. The van der Waals surface area contributed by atoms with E-state index < -0.39 is 68.1 Å². The molecule has 0 saturated heterocycles. The number of nitrogens with zero attached hydrogens (tertiary/aromatic N) is 2. The van der Waals surface area contributed by atoms with E-state index in [9.17, 15) is 45.9 Å². The van der Waals surface area contributed by atoms with Gasteiger partial charge in [-0.2, -0.15) is 0 Å². The van der Waals surface area contributed by atoms with Crippen molar-refractivity contribution in [1.29, 1.82) is 0 Å². The van der Waals surface area contributed by atoms with E-state index in [2.05, 4.69) is 16.0 Å². The summed E-state index contributed by atoms with van der Waals surface area (Å²) in [5.74, 6) is -2.94. The van der Waals surface area contributed by atoms with E-state index in [1.807, 2.05) is 0 Å². The highest BCUT2D eigenvalue weighted by Crippen LogP contribution is 2.16. The van der Waals surface area contributed by atoms with Gasteiger partial charge in [-0.15, -0.1) is 0 Å². The maximum atomic E-state index is 13.3. The molecule has 0 saturated carbocycles. The molecule has 294 valence electrons. The van der Waals surface area contributed by atoms with E-state index in [0.29, 0.717) is 12.8 Å². The van der Waals surface area contributed by atoms with Crippen molar-refractivity contribution in [2.75, 3.05) is 56.5 Å². The van der Waals surface area contributed by atoms with Gasteiger partial charge in [0.05, 0.1) is 42.6 Å². The number of aliphatic carboxylic acids is 1. The maximum absolute atomic E-state index is 13.3. The van der Waals surface area contributed by atoms with E-state index in [1.165, 1.54) is 58.3 Å². The van der Waals surface area contributed by atoms with Crippen LogP contribution in [0.25, 0.3) is 0 Å². The van der Waals surface area contributed by atoms with Gasteiger partial charge < -0.3 is 36.3 Å². The largest absolute Gasteiger partial charge is 0.480 e. The Bertz CT molecular complexity index is 1800. The lowest BCUT2D eigenvalue weighted by atomic mass is 10.0. The summed E-state index contributed by atoms with van der Waals surface area (Å²) in [6.45, 7) is 3.52. The predicted octanol–water partition coefficient (Wildman–Crippen LogP) is -0.797. The Labute approximate surface area is 308 Å². The van der Waals surface area contributed by atoms with E-state index in [4.69, 9.17) is 20.7 Å². The highest BCUT2D eigenvalue weighted by atomic mass is 32.2. The van der Waals surface area contributed by atoms with Crippen LogP contribution < -0.4 is 32.0 Å². The summed E-state index contributed by atoms with van der Waals surface area (Å²) in [5.41, 5.74) is 4.71. The van der Waals surface area contributed by atoms with Gasteiger partial charge in [-0.05, 0) is 82.1 Å². The van der Waals surface area contributed by atoms with E-state index in [-0.39, 0.29) is 60.4 Å². The molecule has 0 aliphatic heterocycles. The van der Waals surface area contributed by atoms with Gasteiger partial charge in [0.1, 0.15) is 12.0 Å². The molecule has 1 unspecified atom stereocenters. The van der Waals surface area contributed by atoms with Gasteiger partial charge in [-0.25, -0.2) is 27.1 Å².